The van der Waals surface area contributed by atoms with E-state index in [9.17, 15) is 28.0 Å². The summed E-state index contributed by atoms with van der Waals surface area (Å²) in [7, 11) is 0. The van der Waals surface area contributed by atoms with Crippen LogP contribution in [0.3, 0.4) is 0 Å². The van der Waals surface area contributed by atoms with Crippen LogP contribution in [0.4, 0.5) is 18.2 Å². The van der Waals surface area contributed by atoms with Crippen molar-refractivity contribution in [1.29, 1.82) is 5.26 Å². The lowest BCUT2D eigenvalue weighted by Crippen LogP contribution is -2.15. The Balaban J connectivity index is 1.90. The SMILES string of the molecule is Cc1cc(C(F)(F)F)ccc1C(=O)Nc1sc2c(c1C#N)CCC(=O)C2. The Kier molecular flexibility index (Phi) is 4.59. The van der Waals surface area contributed by atoms with Gasteiger partial charge in [-0.3, -0.25) is 9.59 Å². The number of hydrogen-bond donors (Lipinski definition) is 1. The molecule has 1 aliphatic rings. The van der Waals surface area contributed by atoms with Crippen molar-refractivity contribution in [2.75, 3.05) is 5.32 Å². The highest BCUT2D eigenvalue weighted by molar-refractivity contribution is 7.16. The summed E-state index contributed by atoms with van der Waals surface area (Å²) >= 11 is 1.17. The van der Waals surface area contributed by atoms with Crippen molar-refractivity contribution >= 4 is 28.0 Å². The molecule has 1 heterocycles. The van der Waals surface area contributed by atoms with Crippen molar-refractivity contribution < 1.29 is 22.8 Å². The number of anilines is 1. The van der Waals surface area contributed by atoms with Crippen molar-refractivity contribution in [1.82, 2.24) is 0 Å². The highest BCUT2D eigenvalue weighted by Crippen LogP contribution is 2.37. The van der Waals surface area contributed by atoms with Gasteiger partial charge in [-0.05, 0) is 42.7 Å². The third-order valence-electron chi connectivity index (χ3n) is 4.24. The van der Waals surface area contributed by atoms with Gasteiger partial charge in [-0.2, -0.15) is 18.4 Å². The van der Waals surface area contributed by atoms with Crippen LogP contribution in [-0.4, -0.2) is 11.7 Å². The van der Waals surface area contributed by atoms with Gasteiger partial charge in [-0.15, -0.1) is 11.3 Å². The molecule has 0 saturated carbocycles. The first-order valence-electron chi connectivity index (χ1n) is 7.76. The molecule has 1 aliphatic carbocycles. The van der Waals surface area contributed by atoms with Crippen LogP contribution in [0.5, 0.6) is 0 Å². The number of benzene rings is 1. The maximum absolute atomic E-state index is 12.7. The first-order valence-corrected chi connectivity index (χ1v) is 8.58. The summed E-state index contributed by atoms with van der Waals surface area (Å²) in [6.45, 7) is 1.42. The number of hydrogen-bond acceptors (Lipinski definition) is 4. The van der Waals surface area contributed by atoms with Gasteiger partial charge in [-0.25, -0.2) is 0 Å². The number of carbonyl (C=O) groups excluding carboxylic acids is 2. The van der Waals surface area contributed by atoms with Crippen molar-refractivity contribution in [3.63, 3.8) is 0 Å². The molecule has 0 radical (unpaired) electrons. The lowest BCUT2D eigenvalue weighted by molar-refractivity contribution is -0.137. The molecule has 1 amide bonds. The van der Waals surface area contributed by atoms with Crippen LogP contribution < -0.4 is 5.32 Å². The molecule has 0 fully saturated rings. The van der Waals surface area contributed by atoms with E-state index in [4.69, 9.17) is 0 Å². The van der Waals surface area contributed by atoms with E-state index in [0.717, 1.165) is 28.6 Å². The molecular weight excluding hydrogens is 365 g/mol. The Morgan fingerprint density at radius 1 is 1.31 bits per heavy atom. The molecule has 1 N–H and O–H groups in total. The average molecular weight is 378 g/mol. The molecule has 3 rings (SSSR count). The normalized spacial score (nSPS) is 13.9. The maximum atomic E-state index is 12.7. The number of fused-ring (bicyclic) bond motifs is 1. The molecule has 0 aliphatic heterocycles. The van der Waals surface area contributed by atoms with Crippen LogP contribution in [0.1, 0.15) is 43.9 Å². The quantitative estimate of drug-likeness (QED) is 0.849. The predicted molar refractivity (Wildman–Crippen MR) is 90.2 cm³/mol. The number of thiophene rings is 1. The molecule has 134 valence electrons. The highest BCUT2D eigenvalue weighted by atomic mass is 32.1. The molecule has 4 nitrogen and oxygen atoms in total. The first-order chi connectivity index (χ1) is 12.2. The Morgan fingerprint density at radius 2 is 2.04 bits per heavy atom. The Hall–Kier alpha value is -2.66. The van der Waals surface area contributed by atoms with Crippen molar-refractivity contribution in [3.8, 4) is 6.07 Å². The molecule has 0 spiro atoms. The van der Waals surface area contributed by atoms with Crippen molar-refractivity contribution in [2.45, 2.75) is 32.4 Å². The number of nitrogens with one attached hydrogen (secondary N) is 1. The van der Waals surface area contributed by atoms with Gasteiger partial charge in [-0.1, -0.05) is 0 Å². The molecule has 0 unspecified atom stereocenters. The third-order valence-corrected chi connectivity index (χ3v) is 5.39. The summed E-state index contributed by atoms with van der Waals surface area (Å²) in [5.41, 5.74) is 0.568. The standard InChI is InChI=1S/C18H13F3N2O2S/c1-9-6-10(18(19,20)21)2-4-12(9)16(25)23-17-14(8-22)13-5-3-11(24)7-15(13)26-17/h2,4,6H,3,5,7H2,1H3,(H,23,25). The number of carbonyl (C=O) groups is 2. The van der Waals surface area contributed by atoms with Gasteiger partial charge in [0.25, 0.3) is 5.91 Å². The highest BCUT2D eigenvalue weighted by Gasteiger charge is 2.31. The molecule has 1 aromatic heterocycles. The molecule has 2 aromatic rings. The summed E-state index contributed by atoms with van der Waals surface area (Å²) in [6.07, 6.45) is -3.41. The van der Waals surface area contributed by atoms with Crippen LogP contribution in [0.15, 0.2) is 18.2 Å². The van der Waals surface area contributed by atoms with Gasteiger partial charge >= 0.3 is 6.18 Å². The van der Waals surface area contributed by atoms with Gasteiger partial charge in [0.2, 0.25) is 0 Å². The van der Waals surface area contributed by atoms with Crippen LogP contribution >= 0.6 is 11.3 Å². The second kappa shape index (κ2) is 6.57. The van der Waals surface area contributed by atoms with E-state index in [2.05, 4.69) is 11.4 Å². The fourth-order valence-electron chi connectivity index (χ4n) is 2.92. The molecular formula is C18H13F3N2O2S. The number of aryl methyl sites for hydroxylation is 1. The van der Waals surface area contributed by atoms with E-state index < -0.39 is 17.6 Å². The van der Waals surface area contributed by atoms with Gasteiger partial charge in [0.1, 0.15) is 16.9 Å². The summed E-state index contributed by atoms with van der Waals surface area (Å²) < 4.78 is 38.2. The number of alkyl halides is 3. The smallest absolute Gasteiger partial charge is 0.312 e. The summed E-state index contributed by atoms with van der Waals surface area (Å²) in [5.74, 6) is -0.502. The van der Waals surface area contributed by atoms with Crippen molar-refractivity contribution in [2.24, 2.45) is 0 Å². The summed E-state index contributed by atoms with van der Waals surface area (Å²) in [4.78, 5) is 24.8. The number of halogens is 3. The molecule has 26 heavy (non-hydrogen) atoms. The minimum atomic E-state index is -4.48. The summed E-state index contributed by atoms with van der Waals surface area (Å²) in [6, 6.07) is 4.94. The second-order valence-electron chi connectivity index (χ2n) is 6.02. The fourth-order valence-corrected chi connectivity index (χ4v) is 4.14. The number of nitrogens with zero attached hydrogens (tertiary/aromatic N) is 1. The van der Waals surface area contributed by atoms with Crippen LogP contribution in [0, 0.1) is 18.3 Å². The zero-order valence-electron chi connectivity index (χ0n) is 13.7. The van der Waals surface area contributed by atoms with E-state index in [1.807, 2.05) is 0 Å². The monoisotopic (exact) mass is 378 g/mol. The van der Waals surface area contributed by atoms with Gasteiger partial charge in [0.05, 0.1) is 11.1 Å². The molecule has 0 saturated heterocycles. The molecule has 0 bridgehead atoms. The number of Topliss-reactive ketones (excluding diaryl/α,β-unsaturated/α-hetero) is 1. The largest absolute Gasteiger partial charge is 0.416 e. The maximum Gasteiger partial charge on any atom is 0.416 e. The topological polar surface area (TPSA) is 70.0 Å². The lowest BCUT2D eigenvalue weighted by atomic mass is 9.95. The van der Waals surface area contributed by atoms with Gasteiger partial charge < -0.3 is 5.32 Å². The number of rotatable bonds is 2. The van der Waals surface area contributed by atoms with Crippen LogP contribution in [0.25, 0.3) is 0 Å². The fraction of sp³-hybridized carbons (Fsp3) is 0.278. The van der Waals surface area contributed by atoms with Gasteiger partial charge in [0.15, 0.2) is 0 Å². The summed E-state index contributed by atoms with van der Waals surface area (Å²) in [5, 5.41) is 12.3. The predicted octanol–water partition coefficient (Wildman–Crippen LogP) is 4.26. The Morgan fingerprint density at radius 3 is 2.65 bits per heavy atom. The first kappa shape index (κ1) is 18.1. The average Bonchev–Trinajstić information content (AvgIpc) is 2.89. The van der Waals surface area contributed by atoms with Gasteiger partial charge in [0, 0.05) is 23.3 Å². The molecule has 0 atom stereocenters. The van der Waals surface area contributed by atoms with E-state index in [1.54, 1.807) is 0 Å². The zero-order chi connectivity index (χ0) is 19.1. The van der Waals surface area contributed by atoms with Crippen LogP contribution in [-0.2, 0) is 23.8 Å². The number of amides is 1. The Labute approximate surface area is 151 Å². The van der Waals surface area contributed by atoms with E-state index in [1.165, 1.54) is 18.3 Å². The minimum absolute atomic E-state index is 0.0831. The third kappa shape index (κ3) is 3.35. The number of ketones is 1. The van der Waals surface area contributed by atoms with Crippen LogP contribution in [0.2, 0.25) is 0 Å². The second-order valence-corrected chi connectivity index (χ2v) is 7.12. The molecule has 8 heteroatoms. The minimum Gasteiger partial charge on any atom is -0.312 e. The Bertz CT molecular complexity index is 955. The zero-order valence-corrected chi connectivity index (χ0v) is 14.5. The number of nitriles is 1. The van der Waals surface area contributed by atoms with E-state index in [-0.39, 0.29) is 23.3 Å². The van der Waals surface area contributed by atoms with Crippen molar-refractivity contribution in [3.05, 3.63) is 50.9 Å². The molecule has 1 aromatic carbocycles. The van der Waals surface area contributed by atoms with E-state index in [0.29, 0.717) is 23.4 Å². The van der Waals surface area contributed by atoms with E-state index >= 15 is 0 Å². The lowest BCUT2D eigenvalue weighted by Gasteiger charge is -2.11.